The van der Waals surface area contributed by atoms with Gasteiger partial charge in [-0.1, -0.05) is 12.1 Å². The Hall–Kier alpha value is -2.08. The fourth-order valence-electron chi connectivity index (χ4n) is 3.06. The highest BCUT2D eigenvalue weighted by molar-refractivity contribution is 5.89. The lowest BCUT2D eigenvalue weighted by Gasteiger charge is -2.28. The first kappa shape index (κ1) is 19.2. The average Bonchev–Trinajstić information content (AvgIpc) is 2.60. The van der Waals surface area contributed by atoms with E-state index in [9.17, 15) is 9.59 Å². The summed E-state index contributed by atoms with van der Waals surface area (Å²) < 4.78 is 5.59. The number of anilines is 1. The number of urea groups is 1. The molecule has 0 unspecified atom stereocenters. The lowest BCUT2D eigenvalue weighted by Crippen LogP contribution is -2.42. The molecule has 6 nitrogen and oxygen atoms in total. The predicted molar refractivity (Wildman–Crippen MR) is 98.3 cm³/mol. The summed E-state index contributed by atoms with van der Waals surface area (Å²) in [6, 6.07) is 7.58. The summed E-state index contributed by atoms with van der Waals surface area (Å²) in [6.07, 6.45) is 3.45. The molecule has 138 valence electrons. The van der Waals surface area contributed by atoms with Crippen LogP contribution in [-0.2, 0) is 16.1 Å². The van der Waals surface area contributed by atoms with Crippen molar-refractivity contribution in [2.45, 2.75) is 58.3 Å². The fourth-order valence-corrected chi connectivity index (χ4v) is 3.06. The molecule has 3 amide bonds. The van der Waals surface area contributed by atoms with Gasteiger partial charge in [-0.05, 0) is 57.2 Å². The first-order valence-corrected chi connectivity index (χ1v) is 8.97. The zero-order valence-corrected chi connectivity index (χ0v) is 15.3. The van der Waals surface area contributed by atoms with E-state index in [1.807, 2.05) is 38.1 Å². The van der Waals surface area contributed by atoms with Gasteiger partial charge in [0.15, 0.2) is 0 Å². The van der Waals surface area contributed by atoms with Gasteiger partial charge in [0, 0.05) is 24.7 Å². The SMILES string of the molecule is CNC(=O)C1CCC(NC(=O)Nc2cccc(COC(C)C)c2)CC1. The minimum absolute atomic E-state index is 0.0729. The van der Waals surface area contributed by atoms with Gasteiger partial charge in [-0.15, -0.1) is 0 Å². The number of ether oxygens (including phenoxy) is 1. The Morgan fingerprint density at radius 3 is 2.56 bits per heavy atom. The van der Waals surface area contributed by atoms with E-state index in [1.165, 1.54) is 0 Å². The van der Waals surface area contributed by atoms with E-state index in [-0.39, 0.29) is 30.0 Å². The molecule has 0 radical (unpaired) electrons. The van der Waals surface area contributed by atoms with Gasteiger partial charge in [0.25, 0.3) is 0 Å². The third-order valence-corrected chi connectivity index (χ3v) is 4.45. The van der Waals surface area contributed by atoms with Gasteiger partial charge in [-0.25, -0.2) is 4.79 Å². The molecule has 0 aliphatic heterocycles. The summed E-state index contributed by atoms with van der Waals surface area (Å²) in [4.78, 5) is 23.8. The van der Waals surface area contributed by atoms with Crippen LogP contribution >= 0.6 is 0 Å². The predicted octanol–water partition coefficient (Wildman–Crippen LogP) is 3.04. The first-order chi connectivity index (χ1) is 12.0. The van der Waals surface area contributed by atoms with E-state index in [2.05, 4.69) is 16.0 Å². The van der Waals surface area contributed by atoms with Crippen LogP contribution in [0.5, 0.6) is 0 Å². The Morgan fingerprint density at radius 1 is 1.20 bits per heavy atom. The van der Waals surface area contributed by atoms with Gasteiger partial charge in [-0.3, -0.25) is 4.79 Å². The number of hydrogen-bond donors (Lipinski definition) is 3. The van der Waals surface area contributed by atoms with Gasteiger partial charge in [0.1, 0.15) is 0 Å². The second kappa shape index (κ2) is 9.42. The molecule has 1 aromatic rings. The van der Waals surface area contributed by atoms with Crippen LogP contribution in [0.2, 0.25) is 0 Å². The Bertz CT molecular complexity index is 581. The molecule has 0 heterocycles. The van der Waals surface area contributed by atoms with Gasteiger partial charge in [0.05, 0.1) is 12.7 Å². The molecule has 1 fully saturated rings. The highest BCUT2D eigenvalue weighted by Crippen LogP contribution is 2.24. The molecule has 0 atom stereocenters. The maximum atomic E-state index is 12.2. The van der Waals surface area contributed by atoms with Gasteiger partial charge in [-0.2, -0.15) is 0 Å². The van der Waals surface area contributed by atoms with E-state index < -0.39 is 0 Å². The number of amides is 3. The molecule has 1 aliphatic rings. The molecule has 0 aromatic heterocycles. The van der Waals surface area contributed by atoms with Crippen molar-refractivity contribution in [2.75, 3.05) is 12.4 Å². The van der Waals surface area contributed by atoms with Crippen molar-refractivity contribution in [3.05, 3.63) is 29.8 Å². The second-order valence-corrected chi connectivity index (χ2v) is 6.82. The normalized spacial score (nSPS) is 20.2. The molecule has 1 saturated carbocycles. The number of hydrogen-bond acceptors (Lipinski definition) is 3. The molecular formula is C19H29N3O3. The molecule has 1 aliphatic carbocycles. The topological polar surface area (TPSA) is 79.5 Å². The number of carbonyl (C=O) groups excluding carboxylic acids is 2. The number of rotatable bonds is 6. The van der Waals surface area contributed by atoms with Gasteiger partial charge < -0.3 is 20.7 Å². The van der Waals surface area contributed by atoms with Crippen LogP contribution in [0.3, 0.4) is 0 Å². The smallest absolute Gasteiger partial charge is 0.319 e. The molecule has 2 rings (SSSR count). The average molecular weight is 347 g/mol. The highest BCUT2D eigenvalue weighted by atomic mass is 16.5. The molecule has 0 bridgehead atoms. The summed E-state index contributed by atoms with van der Waals surface area (Å²) in [5, 5.41) is 8.58. The van der Waals surface area contributed by atoms with E-state index in [1.54, 1.807) is 7.05 Å². The highest BCUT2D eigenvalue weighted by Gasteiger charge is 2.26. The summed E-state index contributed by atoms with van der Waals surface area (Å²) in [7, 11) is 1.67. The van der Waals surface area contributed by atoms with Crippen LogP contribution in [0, 0.1) is 5.92 Å². The summed E-state index contributed by atoms with van der Waals surface area (Å²) in [6.45, 7) is 4.52. The molecule has 0 spiro atoms. The van der Waals surface area contributed by atoms with Crippen molar-refractivity contribution in [3.63, 3.8) is 0 Å². The van der Waals surface area contributed by atoms with Crippen LogP contribution in [0.25, 0.3) is 0 Å². The minimum Gasteiger partial charge on any atom is -0.374 e. The van der Waals surface area contributed by atoms with Crippen LogP contribution < -0.4 is 16.0 Å². The first-order valence-electron chi connectivity index (χ1n) is 8.97. The molecule has 25 heavy (non-hydrogen) atoms. The maximum absolute atomic E-state index is 12.2. The lowest BCUT2D eigenvalue weighted by atomic mass is 9.85. The van der Waals surface area contributed by atoms with E-state index in [4.69, 9.17) is 4.74 Å². The molecule has 6 heteroatoms. The van der Waals surface area contributed by atoms with Crippen molar-refractivity contribution in [2.24, 2.45) is 5.92 Å². The third kappa shape index (κ3) is 6.38. The Kier molecular flexibility index (Phi) is 7.25. The zero-order valence-electron chi connectivity index (χ0n) is 15.3. The van der Waals surface area contributed by atoms with Crippen molar-refractivity contribution < 1.29 is 14.3 Å². The number of carbonyl (C=O) groups is 2. The van der Waals surface area contributed by atoms with Crippen molar-refractivity contribution in [1.82, 2.24) is 10.6 Å². The van der Waals surface area contributed by atoms with Crippen LogP contribution in [0.1, 0.15) is 45.1 Å². The Morgan fingerprint density at radius 2 is 1.92 bits per heavy atom. The Labute approximate surface area is 149 Å². The van der Waals surface area contributed by atoms with Crippen LogP contribution in [0.4, 0.5) is 10.5 Å². The monoisotopic (exact) mass is 347 g/mol. The standard InChI is InChI=1S/C19H29N3O3/c1-13(2)25-12-14-5-4-6-17(11-14)22-19(24)21-16-9-7-15(8-10-16)18(23)20-3/h4-6,11,13,15-16H,7-10,12H2,1-3H3,(H,20,23)(H2,21,22,24). The largest absolute Gasteiger partial charge is 0.374 e. The van der Waals surface area contributed by atoms with Crippen LogP contribution in [0.15, 0.2) is 24.3 Å². The van der Waals surface area contributed by atoms with Crippen LogP contribution in [-0.4, -0.2) is 31.1 Å². The fraction of sp³-hybridized carbons (Fsp3) is 0.579. The third-order valence-electron chi connectivity index (χ3n) is 4.45. The van der Waals surface area contributed by atoms with E-state index in [0.29, 0.717) is 6.61 Å². The number of nitrogens with one attached hydrogen (secondary N) is 3. The second-order valence-electron chi connectivity index (χ2n) is 6.82. The minimum atomic E-state index is -0.203. The summed E-state index contributed by atoms with van der Waals surface area (Å²) in [5.74, 6) is 0.173. The van der Waals surface area contributed by atoms with E-state index >= 15 is 0 Å². The molecular weight excluding hydrogens is 318 g/mol. The van der Waals surface area contributed by atoms with Gasteiger partial charge in [0.2, 0.25) is 5.91 Å². The molecule has 1 aromatic carbocycles. The zero-order chi connectivity index (χ0) is 18.2. The van der Waals surface area contributed by atoms with E-state index in [0.717, 1.165) is 36.9 Å². The van der Waals surface area contributed by atoms with Gasteiger partial charge >= 0.3 is 6.03 Å². The Balaban J connectivity index is 1.79. The molecule has 0 saturated heterocycles. The van der Waals surface area contributed by atoms with Crippen molar-refractivity contribution in [3.8, 4) is 0 Å². The number of benzene rings is 1. The maximum Gasteiger partial charge on any atom is 0.319 e. The lowest BCUT2D eigenvalue weighted by molar-refractivity contribution is -0.125. The summed E-state index contributed by atoms with van der Waals surface area (Å²) in [5.41, 5.74) is 1.78. The van der Waals surface area contributed by atoms with Crippen molar-refractivity contribution in [1.29, 1.82) is 0 Å². The quantitative estimate of drug-likeness (QED) is 0.740. The summed E-state index contributed by atoms with van der Waals surface area (Å²) >= 11 is 0. The van der Waals surface area contributed by atoms with Crippen molar-refractivity contribution >= 4 is 17.6 Å². The molecule has 3 N–H and O–H groups in total.